The van der Waals surface area contributed by atoms with Gasteiger partial charge in [-0.1, -0.05) is 0 Å². The summed E-state index contributed by atoms with van der Waals surface area (Å²) in [5.74, 6) is 0.493. The predicted molar refractivity (Wildman–Crippen MR) is 37.7 cm³/mol. The number of aliphatic hydroxyl groups excluding tert-OH is 2. The van der Waals surface area contributed by atoms with Crippen LogP contribution in [0, 0.1) is 0 Å². The van der Waals surface area contributed by atoms with E-state index in [0.717, 1.165) is 0 Å². The molecule has 0 bridgehead atoms. The summed E-state index contributed by atoms with van der Waals surface area (Å²) in [7, 11) is 0. The Labute approximate surface area is 60.5 Å². The standard InChI is InChI=1S/C6H13ClO2/c7-4-3-6(9)2-1-5-8/h6,8-9H,1-5H2. The summed E-state index contributed by atoms with van der Waals surface area (Å²) in [5, 5.41) is 17.3. The van der Waals surface area contributed by atoms with Gasteiger partial charge in [0.25, 0.3) is 0 Å². The molecule has 9 heavy (non-hydrogen) atoms. The quantitative estimate of drug-likeness (QED) is 0.571. The van der Waals surface area contributed by atoms with Crippen molar-refractivity contribution in [2.75, 3.05) is 12.5 Å². The Morgan fingerprint density at radius 1 is 1.33 bits per heavy atom. The summed E-state index contributed by atoms with van der Waals surface area (Å²) in [5.41, 5.74) is 0. The van der Waals surface area contributed by atoms with Crippen molar-refractivity contribution in [2.24, 2.45) is 0 Å². The van der Waals surface area contributed by atoms with Crippen LogP contribution < -0.4 is 0 Å². The fraction of sp³-hybridized carbons (Fsp3) is 1.00. The van der Waals surface area contributed by atoms with Gasteiger partial charge in [-0.2, -0.15) is 0 Å². The van der Waals surface area contributed by atoms with Gasteiger partial charge >= 0.3 is 0 Å². The average Bonchev–Trinajstić information content (AvgIpc) is 1.85. The van der Waals surface area contributed by atoms with E-state index in [1.165, 1.54) is 0 Å². The highest BCUT2D eigenvalue weighted by Crippen LogP contribution is 2.01. The molecule has 3 heteroatoms. The van der Waals surface area contributed by atoms with Gasteiger partial charge in [0.2, 0.25) is 0 Å². The normalized spacial score (nSPS) is 13.7. The molecule has 0 saturated heterocycles. The van der Waals surface area contributed by atoms with E-state index in [9.17, 15) is 0 Å². The summed E-state index contributed by atoms with van der Waals surface area (Å²) in [6.07, 6.45) is 1.62. The zero-order chi connectivity index (χ0) is 7.11. The first kappa shape index (κ1) is 9.21. The van der Waals surface area contributed by atoms with Gasteiger partial charge in [-0.3, -0.25) is 0 Å². The monoisotopic (exact) mass is 152 g/mol. The molecule has 56 valence electrons. The first-order chi connectivity index (χ1) is 4.31. The van der Waals surface area contributed by atoms with E-state index in [0.29, 0.717) is 25.1 Å². The molecular formula is C6H13ClO2. The van der Waals surface area contributed by atoms with Crippen molar-refractivity contribution in [1.29, 1.82) is 0 Å². The van der Waals surface area contributed by atoms with Crippen molar-refractivity contribution in [2.45, 2.75) is 25.4 Å². The third-order valence-electron chi connectivity index (χ3n) is 1.14. The molecule has 0 radical (unpaired) electrons. The van der Waals surface area contributed by atoms with Gasteiger partial charge in [-0.25, -0.2) is 0 Å². The molecular weight excluding hydrogens is 140 g/mol. The van der Waals surface area contributed by atoms with Crippen LogP contribution in [-0.4, -0.2) is 28.8 Å². The zero-order valence-corrected chi connectivity index (χ0v) is 6.14. The minimum Gasteiger partial charge on any atom is -0.396 e. The summed E-state index contributed by atoms with van der Waals surface area (Å²) < 4.78 is 0. The molecule has 0 rings (SSSR count). The van der Waals surface area contributed by atoms with E-state index in [1.807, 2.05) is 0 Å². The number of hydrogen-bond donors (Lipinski definition) is 2. The molecule has 0 saturated carbocycles. The first-order valence-electron chi connectivity index (χ1n) is 3.16. The molecule has 0 aromatic rings. The van der Waals surface area contributed by atoms with Gasteiger partial charge in [-0.15, -0.1) is 11.6 Å². The average molecular weight is 153 g/mol. The number of rotatable bonds is 5. The smallest absolute Gasteiger partial charge is 0.0552 e. The van der Waals surface area contributed by atoms with Crippen LogP contribution in [0.2, 0.25) is 0 Å². The van der Waals surface area contributed by atoms with Crippen LogP contribution in [0.5, 0.6) is 0 Å². The maximum atomic E-state index is 8.98. The predicted octanol–water partition coefficient (Wildman–Crippen LogP) is 0.749. The second kappa shape index (κ2) is 6.33. The van der Waals surface area contributed by atoms with E-state index in [1.54, 1.807) is 0 Å². The van der Waals surface area contributed by atoms with E-state index in [2.05, 4.69) is 0 Å². The maximum absolute atomic E-state index is 8.98. The van der Waals surface area contributed by atoms with Gasteiger partial charge in [0.1, 0.15) is 0 Å². The second-order valence-corrected chi connectivity index (χ2v) is 2.38. The number of hydrogen-bond acceptors (Lipinski definition) is 2. The van der Waals surface area contributed by atoms with Gasteiger partial charge < -0.3 is 10.2 Å². The third-order valence-corrected chi connectivity index (χ3v) is 1.36. The van der Waals surface area contributed by atoms with Crippen molar-refractivity contribution < 1.29 is 10.2 Å². The summed E-state index contributed by atoms with van der Waals surface area (Å²) >= 11 is 5.35. The van der Waals surface area contributed by atoms with Crippen LogP contribution in [0.3, 0.4) is 0 Å². The molecule has 0 aliphatic carbocycles. The lowest BCUT2D eigenvalue weighted by Crippen LogP contribution is -2.07. The van der Waals surface area contributed by atoms with Gasteiger partial charge in [0.05, 0.1) is 6.10 Å². The number of aliphatic hydroxyl groups is 2. The molecule has 1 unspecified atom stereocenters. The van der Waals surface area contributed by atoms with Crippen molar-refractivity contribution in [3.8, 4) is 0 Å². The lowest BCUT2D eigenvalue weighted by Gasteiger charge is -2.05. The van der Waals surface area contributed by atoms with Crippen LogP contribution in [0.4, 0.5) is 0 Å². The second-order valence-electron chi connectivity index (χ2n) is 2.00. The van der Waals surface area contributed by atoms with Crippen LogP contribution in [0.15, 0.2) is 0 Å². The lowest BCUT2D eigenvalue weighted by molar-refractivity contribution is 0.147. The Morgan fingerprint density at radius 2 is 2.00 bits per heavy atom. The summed E-state index contributed by atoms with van der Waals surface area (Å²) in [6, 6.07) is 0. The molecule has 0 spiro atoms. The Hall–Kier alpha value is 0.210. The lowest BCUT2D eigenvalue weighted by atomic mass is 10.1. The molecule has 0 fully saturated rings. The van der Waals surface area contributed by atoms with E-state index >= 15 is 0 Å². The number of alkyl halides is 1. The molecule has 0 heterocycles. The summed E-state index contributed by atoms with van der Waals surface area (Å²) in [4.78, 5) is 0. The van der Waals surface area contributed by atoms with E-state index < -0.39 is 0 Å². The van der Waals surface area contributed by atoms with Crippen molar-refractivity contribution >= 4 is 11.6 Å². The largest absolute Gasteiger partial charge is 0.396 e. The van der Waals surface area contributed by atoms with Crippen molar-refractivity contribution in [3.63, 3.8) is 0 Å². The molecule has 1 atom stereocenters. The Morgan fingerprint density at radius 3 is 2.44 bits per heavy atom. The van der Waals surface area contributed by atoms with Crippen molar-refractivity contribution in [1.82, 2.24) is 0 Å². The van der Waals surface area contributed by atoms with Crippen LogP contribution in [0.25, 0.3) is 0 Å². The fourth-order valence-electron chi connectivity index (χ4n) is 0.597. The zero-order valence-electron chi connectivity index (χ0n) is 5.39. The Balaban J connectivity index is 2.95. The van der Waals surface area contributed by atoms with Crippen LogP contribution in [-0.2, 0) is 0 Å². The minimum atomic E-state index is -0.324. The maximum Gasteiger partial charge on any atom is 0.0552 e. The van der Waals surface area contributed by atoms with Gasteiger partial charge in [-0.05, 0) is 19.3 Å². The highest BCUT2D eigenvalue weighted by Gasteiger charge is 2.00. The SMILES string of the molecule is OCCCC(O)CCCl. The van der Waals surface area contributed by atoms with E-state index in [4.69, 9.17) is 21.8 Å². The Kier molecular flexibility index (Phi) is 6.48. The van der Waals surface area contributed by atoms with Gasteiger partial charge in [0, 0.05) is 12.5 Å². The first-order valence-corrected chi connectivity index (χ1v) is 3.69. The number of halogens is 1. The Bertz CT molecular complexity index is 59.0. The molecule has 2 nitrogen and oxygen atoms in total. The molecule has 2 N–H and O–H groups in total. The third kappa shape index (κ3) is 6.09. The van der Waals surface area contributed by atoms with Crippen LogP contribution >= 0.6 is 11.6 Å². The summed E-state index contributed by atoms with van der Waals surface area (Å²) in [6.45, 7) is 0.152. The highest BCUT2D eigenvalue weighted by molar-refractivity contribution is 6.17. The molecule has 0 aromatic heterocycles. The van der Waals surface area contributed by atoms with Gasteiger partial charge in [0.15, 0.2) is 0 Å². The van der Waals surface area contributed by atoms with Crippen molar-refractivity contribution in [3.05, 3.63) is 0 Å². The minimum absolute atomic E-state index is 0.152. The molecule has 0 aromatic carbocycles. The molecule has 0 amide bonds. The topological polar surface area (TPSA) is 40.5 Å². The highest BCUT2D eigenvalue weighted by atomic mass is 35.5. The van der Waals surface area contributed by atoms with Crippen LogP contribution in [0.1, 0.15) is 19.3 Å². The molecule has 0 aliphatic heterocycles. The molecule has 0 aliphatic rings. The fourth-order valence-corrected chi connectivity index (χ4v) is 0.849. The van der Waals surface area contributed by atoms with E-state index in [-0.39, 0.29) is 12.7 Å².